The van der Waals surface area contributed by atoms with Crippen molar-refractivity contribution in [3.8, 4) is 5.75 Å². The number of rotatable bonds is 3. The second-order valence-electron chi connectivity index (χ2n) is 4.10. The van der Waals surface area contributed by atoms with Gasteiger partial charge in [-0.3, -0.25) is 4.79 Å². The number of carboxylic acids is 1. The van der Waals surface area contributed by atoms with Crippen LogP contribution in [0.15, 0.2) is 35.7 Å². The third-order valence-electron chi connectivity index (χ3n) is 2.79. The fourth-order valence-electron chi connectivity index (χ4n) is 1.86. The molecule has 7 heteroatoms. The molecule has 102 valence electrons. The van der Waals surface area contributed by atoms with Gasteiger partial charge in [-0.25, -0.2) is 4.79 Å². The van der Waals surface area contributed by atoms with Gasteiger partial charge >= 0.3 is 5.97 Å². The molecule has 20 heavy (non-hydrogen) atoms. The average Bonchev–Trinajstić information content (AvgIpc) is 3.03. The molecule has 3 N–H and O–H groups in total. The van der Waals surface area contributed by atoms with Crippen LogP contribution in [0.2, 0.25) is 0 Å². The first kappa shape index (κ1) is 12.5. The number of benzene rings is 1. The Hall–Kier alpha value is -2.54. The zero-order valence-corrected chi connectivity index (χ0v) is 10.9. The fraction of sp³-hybridized carbons (Fsp3) is 0.0769. The lowest BCUT2D eigenvalue weighted by Gasteiger charge is -2.11. The molecule has 1 aliphatic rings. The maximum absolute atomic E-state index is 12.1. The van der Waals surface area contributed by atoms with Crippen LogP contribution in [0, 0.1) is 0 Å². The van der Waals surface area contributed by atoms with Gasteiger partial charge in [-0.2, -0.15) is 0 Å². The first-order valence-electron chi connectivity index (χ1n) is 5.79. The topological polar surface area (TPSA) is 87.7 Å². The van der Waals surface area contributed by atoms with Gasteiger partial charge in [0.25, 0.3) is 5.91 Å². The number of carbonyl (C=O) groups excluding carboxylic acids is 1. The van der Waals surface area contributed by atoms with Crippen LogP contribution in [0.1, 0.15) is 10.4 Å². The SMILES string of the molecule is O=C(O)c1ccsc1NC(=O)C1Nc2ccccc2O1. The molecule has 2 aromatic rings. The minimum Gasteiger partial charge on any atom is -0.478 e. The number of carboxylic acid groups (broad SMARTS) is 1. The van der Waals surface area contributed by atoms with Gasteiger partial charge in [-0.1, -0.05) is 12.1 Å². The molecular formula is C13H10N2O4S. The molecular weight excluding hydrogens is 280 g/mol. The van der Waals surface area contributed by atoms with E-state index in [4.69, 9.17) is 9.84 Å². The summed E-state index contributed by atoms with van der Waals surface area (Å²) < 4.78 is 5.45. The summed E-state index contributed by atoms with van der Waals surface area (Å²) in [7, 11) is 0. The number of nitrogens with one attached hydrogen (secondary N) is 2. The summed E-state index contributed by atoms with van der Waals surface area (Å²) in [5.74, 6) is -0.923. The molecule has 0 fully saturated rings. The van der Waals surface area contributed by atoms with Crippen molar-refractivity contribution in [2.75, 3.05) is 10.6 Å². The lowest BCUT2D eigenvalue weighted by atomic mass is 10.3. The average molecular weight is 290 g/mol. The van der Waals surface area contributed by atoms with Gasteiger partial charge in [0.1, 0.15) is 10.8 Å². The monoisotopic (exact) mass is 290 g/mol. The highest BCUT2D eigenvalue weighted by atomic mass is 32.1. The summed E-state index contributed by atoms with van der Waals surface area (Å²) in [4.78, 5) is 23.0. The molecule has 1 atom stereocenters. The maximum Gasteiger partial charge on any atom is 0.338 e. The molecule has 0 spiro atoms. The van der Waals surface area contributed by atoms with Gasteiger partial charge in [0, 0.05) is 0 Å². The Labute approximate surface area is 118 Å². The summed E-state index contributed by atoms with van der Waals surface area (Å²) in [5.41, 5.74) is 0.802. The van der Waals surface area contributed by atoms with Crippen LogP contribution in [0.5, 0.6) is 5.75 Å². The summed E-state index contributed by atoms with van der Waals surface area (Å²) in [6.07, 6.45) is -0.865. The molecule has 0 radical (unpaired) electrons. The molecule has 1 aromatic heterocycles. The Morgan fingerprint density at radius 3 is 2.85 bits per heavy atom. The van der Waals surface area contributed by atoms with E-state index in [0.29, 0.717) is 10.8 Å². The van der Waals surface area contributed by atoms with E-state index in [1.807, 2.05) is 12.1 Å². The first-order valence-corrected chi connectivity index (χ1v) is 6.67. The molecule has 1 unspecified atom stereocenters. The highest BCUT2D eigenvalue weighted by Crippen LogP contribution is 2.32. The number of hydrogen-bond acceptors (Lipinski definition) is 5. The van der Waals surface area contributed by atoms with Crippen molar-refractivity contribution < 1.29 is 19.4 Å². The van der Waals surface area contributed by atoms with Crippen LogP contribution in [0.4, 0.5) is 10.7 Å². The Balaban J connectivity index is 1.73. The molecule has 0 aliphatic carbocycles. The van der Waals surface area contributed by atoms with E-state index in [1.165, 1.54) is 6.07 Å². The molecule has 0 saturated heterocycles. The molecule has 3 rings (SSSR count). The number of thiophene rings is 1. The van der Waals surface area contributed by atoms with E-state index in [0.717, 1.165) is 17.0 Å². The predicted octanol–water partition coefficient (Wildman–Crippen LogP) is 2.22. The smallest absolute Gasteiger partial charge is 0.338 e. The zero-order chi connectivity index (χ0) is 14.1. The molecule has 1 aliphatic heterocycles. The second-order valence-corrected chi connectivity index (χ2v) is 5.01. The van der Waals surface area contributed by atoms with Crippen LogP contribution in [0.25, 0.3) is 0 Å². The second kappa shape index (κ2) is 4.86. The number of ether oxygens (including phenoxy) is 1. The van der Waals surface area contributed by atoms with Crippen molar-refractivity contribution in [2.45, 2.75) is 6.23 Å². The number of anilines is 2. The van der Waals surface area contributed by atoms with Crippen molar-refractivity contribution in [1.29, 1.82) is 0 Å². The van der Waals surface area contributed by atoms with Gasteiger partial charge in [0.2, 0.25) is 6.23 Å². The fourth-order valence-corrected chi connectivity index (χ4v) is 2.64. The number of amides is 1. The van der Waals surface area contributed by atoms with E-state index in [1.54, 1.807) is 17.5 Å². The number of para-hydroxylation sites is 2. The van der Waals surface area contributed by atoms with E-state index in [2.05, 4.69) is 10.6 Å². The minimum atomic E-state index is -1.08. The Kier molecular flexibility index (Phi) is 3.03. The Bertz CT molecular complexity index is 658. The quantitative estimate of drug-likeness (QED) is 0.806. The van der Waals surface area contributed by atoms with Crippen molar-refractivity contribution in [3.05, 3.63) is 41.3 Å². The largest absolute Gasteiger partial charge is 0.478 e. The van der Waals surface area contributed by atoms with Crippen LogP contribution in [0.3, 0.4) is 0 Å². The molecule has 6 nitrogen and oxygen atoms in total. The van der Waals surface area contributed by atoms with Crippen LogP contribution >= 0.6 is 11.3 Å². The van der Waals surface area contributed by atoms with Crippen molar-refractivity contribution in [2.24, 2.45) is 0 Å². The predicted molar refractivity (Wildman–Crippen MR) is 74.4 cm³/mol. The first-order chi connectivity index (χ1) is 9.65. The van der Waals surface area contributed by atoms with Gasteiger partial charge < -0.3 is 20.5 Å². The normalized spacial score (nSPS) is 15.9. The lowest BCUT2D eigenvalue weighted by Crippen LogP contribution is -2.35. The Morgan fingerprint density at radius 2 is 2.10 bits per heavy atom. The van der Waals surface area contributed by atoms with Crippen LogP contribution in [-0.4, -0.2) is 23.2 Å². The van der Waals surface area contributed by atoms with E-state index in [-0.39, 0.29) is 5.56 Å². The standard InChI is InChI=1S/C13H10N2O4S/c16-10(15-12-7(13(17)18)5-6-20-12)11-14-8-3-1-2-4-9(8)19-11/h1-6,11,14H,(H,15,16)(H,17,18). The molecule has 1 amide bonds. The zero-order valence-electron chi connectivity index (χ0n) is 10.1. The number of fused-ring (bicyclic) bond motifs is 1. The molecule has 0 saturated carbocycles. The third kappa shape index (κ3) is 2.19. The highest BCUT2D eigenvalue weighted by Gasteiger charge is 2.29. The van der Waals surface area contributed by atoms with Crippen molar-refractivity contribution in [3.63, 3.8) is 0 Å². The number of carbonyl (C=O) groups is 2. The van der Waals surface area contributed by atoms with Crippen LogP contribution < -0.4 is 15.4 Å². The molecule has 1 aromatic carbocycles. The maximum atomic E-state index is 12.1. The van der Waals surface area contributed by atoms with E-state index < -0.39 is 18.1 Å². The van der Waals surface area contributed by atoms with E-state index in [9.17, 15) is 9.59 Å². The summed E-state index contributed by atoms with van der Waals surface area (Å²) >= 11 is 1.15. The third-order valence-corrected chi connectivity index (χ3v) is 3.62. The molecule has 2 heterocycles. The van der Waals surface area contributed by atoms with Gasteiger partial charge in [0.05, 0.1) is 11.3 Å². The van der Waals surface area contributed by atoms with Crippen LogP contribution in [-0.2, 0) is 4.79 Å². The summed E-state index contributed by atoms with van der Waals surface area (Å²) in [6, 6.07) is 8.64. The minimum absolute atomic E-state index is 0.0684. The lowest BCUT2D eigenvalue weighted by molar-refractivity contribution is -0.121. The van der Waals surface area contributed by atoms with Crippen molar-refractivity contribution in [1.82, 2.24) is 0 Å². The van der Waals surface area contributed by atoms with Crippen molar-refractivity contribution >= 4 is 33.9 Å². The number of hydrogen-bond donors (Lipinski definition) is 3. The van der Waals surface area contributed by atoms with Gasteiger partial charge in [0.15, 0.2) is 0 Å². The number of aromatic carboxylic acids is 1. The van der Waals surface area contributed by atoms with E-state index >= 15 is 0 Å². The summed E-state index contributed by atoms with van der Waals surface area (Å²) in [5, 5.41) is 16.4. The van der Waals surface area contributed by atoms with Gasteiger partial charge in [-0.15, -0.1) is 11.3 Å². The Morgan fingerprint density at radius 1 is 1.30 bits per heavy atom. The van der Waals surface area contributed by atoms with Gasteiger partial charge in [-0.05, 0) is 23.6 Å². The highest BCUT2D eigenvalue weighted by molar-refractivity contribution is 7.14. The summed E-state index contributed by atoms with van der Waals surface area (Å²) in [6.45, 7) is 0. The molecule has 0 bridgehead atoms.